The van der Waals surface area contributed by atoms with Crippen LogP contribution >= 0.6 is 0 Å². The Balaban J connectivity index is 1.35. The quantitative estimate of drug-likeness (QED) is 0.662. The third kappa shape index (κ3) is 3.04. The summed E-state index contributed by atoms with van der Waals surface area (Å²) >= 11 is 0. The van der Waals surface area contributed by atoms with Crippen molar-refractivity contribution in [1.82, 2.24) is 0 Å². The second kappa shape index (κ2) is 5.87. The first kappa shape index (κ1) is 15.6. The molecule has 0 atom stereocenters. The molecule has 4 aliphatic rings. The summed E-state index contributed by atoms with van der Waals surface area (Å²) in [6, 6.07) is 3.35. The number of rotatable bonds is 5. The van der Waals surface area contributed by atoms with Gasteiger partial charge in [-0.05, 0) is 62.3 Å². The Morgan fingerprint density at radius 2 is 1.79 bits per heavy atom. The minimum Gasteiger partial charge on any atom is -0.460 e. The Labute approximate surface area is 142 Å². The number of esters is 1. The molecule has 4 bridgehead atoms. The molecular formula is C19H25N2O3+. The molecule has 1 amide bonds. The summed E-state index contributed by atoms with van der Waals surface area (Å²) in [6.07, 6.45) is 11.2. The van der Waals surface area contributed by atoms with E-state index in [9.17, 15) is 9.59 Å². The van der Waals surface area contributed by atoms with Crippen LogP contribution in [0.5, 0.6) is 0 Å². The molecule has 0 aromatic carbocycles. The minimum atomic E-state index is -0.494. The molecule has 0 aliphatic heterocycles. The van der Waals surface area contributed by atoms with E-state index >= 15 is 0 Å². The van der Waals surface area contributed by atoms with Gasteiger partial charge in [0.2, 0.25) is 6.54 Å². The molecular weight excluding hydrogens is 304 g/mol. The fourth-order valence-electron chi connectivity index (χ4n) is 5.66. The Kier molecular flexibility index (Phi) is 3.82. The SMILES string of the molecule is NC(=O)c1ccc[n+](CC(=O)OCC23CC4CC(CC(C4)C2)C3)c1. The molecule has 5 heteroatoms. The maximum absolute atomic E-state index is 12.2. The number of aromatic nitrogens is 1. The van der Waals surface area contributed by atoms with Crippen molar-refractivity contribution in [3.8, 4) is 0 Å². The Hall–Kier alpha value is -1.91. The molecule has 4 aliphatic carbocycles. The Bertz CT molecular complexity index is 635. The van der Waals surface area contributed by atoms with E-state index in [0.29, 0.717) is 12.2 Å². The molecule has 1 heterocycles. The molecule has 128 valence electrons. The highest BCUT2D eigenvalue weighted by molar-refractivity contribution is 5.92. The highest BCUT2D eigenvalue weighted by Gasteiger charge is 2.51. The highest BCUT2D eigenvalue weighted by Crippen LogP contribution is 2.60. The predicted octanol–water partition coefficient (Wildman–Crippen LogP) is 1.83. The number of pyridine rings is 1. The predicted molar refractivity (Wildman–Crippen MR) is 86.7 cm³/mol. The zero-order valence-corrected chi connectivity index (χ0v) is 13.9. The molecule has 1 aromatic rings. The van der Waals surface area contributed by atoms with E-state index in [1.54, 1.807) is 29.1 Å². The molecule has 4 saturated carbocycles. The van der Waals surface area contributed by atoms with E-state index < -0.39 is 5.91 Å². The minimum absolute atomic E-state index is 0.119. The zero-order chi connectivity index (χ0) is 16.7. The van der Waals surface area contributed by atoms with Crippen molar-refractivity contribution in [2.75, 3.05) is 6.61 Å². The Morgan fingerprint density at radius 1 is 1.17 bits per heavy atom. The van der Waals surface area contributed by atoms with Gasteiger partial charge in [-0.25, -0.2) is 4.79 Å². The Morgan fingerprint density at radius 3 is 2.38 bits per heavy atom. The maximum Gasteiger partial charge on any atom is 0.372 e. The van der Waals surface area contributed by atoms with Crippen LogP contribution in [0.1, 0.15) is 48.9 Å². The third-order valence-corrected chi connectivity index (χ3v) is 6.16. The molecule has 0 saturated heterocycles. The maximum atomic E-state index is 12.2. The first-order valence-electron chi connectivity index (χ1n) is 8.96. The average molecular weight is 329 g/mol. The number of hydrogen-bond donors (Lipinski definition) is 1. The number of carbonyl (C=O) groups is 2. The van der Waals surface area contributed by atoms with Crippen LogP contribution in [-0.4, -0.2) is 18.5 Å². The van der Waals surface area contributed by atoms with E-state index in [1.165, 1.54) is 38.5 Å². The van der Waals surface area contributed by atoms with Crippen LogP contribution in [0.4, 0.5) is 0 Å². The van der Waals surface area contributed by atoms with Crippen LogP contribution in [0.3, 0.4) is 0 Å². The van der Waals surface area contributed by atoms with E-state index in [-0.39, 0.29) is 17.9 Å². The molecule has 5 rings (SSSR count). The molecule has 4 fully saturated rings. The molecule has 2 N–H and O–H groups in total. The van der Waals surface area contributed by atoms with Crippen molar-refractivity contribution < 1.29 is 18.9 Å². The van der Waals surface area contributed by atoms with Crippen molar-refractivity contribution in [2.24, 2.45) is 28.9 Å². The topological polar surface area (TPSA) is 73.3 Å². The number of ether oxygens (including phenoxy) is 1. The van der Waals surface area contributed by atoms with Gasteiger partial charge in [-0.2, -0.15) is 4.57 Å². The van der Waals surface area contributed by atoms with Crippen molar-refractivity contribution >= 4 is 11.9 Å². The molecule has 24 heavy (non-hydrogen) atoms. The van der Waals surface area contributed by atoms with Crippen LogP contribution in [0, 0.1) is 23.2 Å². The highest BCUT2D eigenvalue weighted by atomic mass is 16.5. The first-order valence-corrected chi connectivity index (χ1v) is 8.96. The fraction of sp³-hybridized carbons (Fsp3) is 0.632. The summed E-state index contributed by atoms with van der Waals surface area (Å²) in [7, 11) is 0. The van der Waals surface area contributed by atoms with Gasteiger partial charge in [0.1, 0.15) is 5.56 Å². The number of hydrogen-bond acceptors (Lipinski definition) is 3. The number of carbonyl (C=O) groups excluding carboxylic acids is 2. The summed E-state index contributed by atoms with van der Waals surface area (Å²) < 4.78 is 7.31. The van der Waals surface area contributed by atoms with Gasteiger partial charge in [0.15, 0.2) is 12.4 Å². The van der Waals surface area contributed by atoms with Crippen LogP contribution in [0.2, 0.25) is 0 Å². The lowest BCUT2D eigenvalue weighted by molar-refractivity contribution is -0.686. The van der Waals surface area contributed by atoms with Gasteiger partial charge in [-0.3, -0.25) is 4.79 Å². The average Bonchev–Trinajstić information content (AvgIpc) is 2.52. The largest absolute Gasteiger partial charge is 0.460 e. The van der Waals surface area contributed by atoms with Crippen molar-refractivity contribution in [2.45, 2.75) is 45.1 Å². The summed E-state index contributed by atoms with van der Waals surface area (Å²) in [5.74, 6) is 1.84. The summed E-state index contributed by atoms with van der Waals surface area (Å²) in [5, 5.41) is 0. The summed E-state index contributed by atoms with van der Waals surface area (Å²) in [5.41, 5.74) is 5.91. The molecule has 1 aromatic heterocycles. The van der Waals surface area contributed by atoms with Gasteiger partial charge in [0.25, 0.3) is 5.91 Å². The zero-order valence-electron chi connectivity index (χ0n) is 13.9. The molecule has 0 spiro atoms. The van der Waals surface area contributed by atoms with Crippen LogP contribution in [-0.2, 0) is 16.1 Å². The molecule has 5 nitrogen and oxygen atoms in total. The fourth-order valence-corrected chi connectivity index (χ4v) is 5.66. The smallest absolute Gasteiger partial charge is 0.372 e. The van der Waals surface area contributed by atoms with Crippen LogP contribution < -0.4 is 10.3 Å². The molecule has 0 radical (unpaired) electrons. The van der Waals surface area contributed by atoms with E-state index in [2.05, 4.69) is 0 Å². The molecule has 0 unspecified atom stereocenters. The van der Waals surface area contributed by atoms with Gasteiger partial charge in [0.05, 0.1) is 6.61 Å². The standard InChI is InChI=1S/C19H24N2O3/c20-18(23)16-2-1-3-21(10-16)11-17(22)24-12-19-7-13-4-14(8-19)6-15(5-13)9-19/h1-3,10,13-15H,4-9,11-12H2,(H-,20,23)/p+1. The number of primary amides is 1. The van der Waals surface area contributed by atoms with Gasteiger partial charge in [0, 0.05) is 11.5 Å². The monoisotopic (exact) mass is 329 g/mol. The van der Waals surface area contributed by atoms with Gasteiger partial charge < -0.3 is 10.5 Å². The normalized spacial score (nSPS) is 33.4. The van der Waals surface area contributed by atoms with Crippen molar-refractivity contribution in [3.63, 3.8) is 0 Å². The van der Waals surface area contributed by atoms with Gasteiger partial charge in [-0.15, -0.1) is 0 Å². The van der Waals surface area contributed by atoms with Crippen LogP contribution in [0.15, 0.2) is 24.5 Å². The lowest BCUT2D eigenvalue weighted by Gasteiger charge is -2.56. The summed E-state index contributed by atoms with van der Waals surface area (Å²) in [4.78, 5) is 23.4. The lowest BCUT2D eigenvalue weighted by Crippen LogP contribution is -2.49. The first-order chi connectivity index (χ1) is 11.5. The second-order valence-corrected chi connectivity index (χ2v) is 8.21. The van der Waals surface area contributed by atoms with E-state index in [1.807, 2.05) is 0 Å². The third-order valence-electron chi connectivity index (χ3n) is 6.16. The van der Waals surface area contributed by atoms with Crippen molar-refractivity contribution in [3.05, 3.63) is 30.1 Å². The number of amides is 1. The van der Waals surface area contributed by atoms with Gasteiger partial charge in [-0.1, -0.05) is 0 Å². The van der Waals surface area contributed by atoms with E-state index in [4.69, 9.17) is 10.5 Å². The number of nitrogens with zero attached hydrogens (tertiary/aromatic N) is 1. The van der Waals surface area contributed by atoms with Crippen molar-refractivity contribution in [1.29, 1.82) is 0 Å². The lowest BCUT2D eigenvalue weighted by atomic mass is 9.50. The van der Waals surface area contributed by atoms with E-state index in [0.717, 1.165) is 17.8 Å². The second-order valence-electron chi connectivity index (χ2n) is 8.21. The van der Waals surface area contributed by atoms with Crippen LogP contribution in [0.25, 0.3) is 0 Å². The van der Waals surface area contributed by atoms with Gasteiger partial charge >= 0.3 is 5.97 Å². The number of nitrogens with two attached hydrogens (primary N) is 1. The summed E-state index contributed by atoms with van der Waals surface area (Å²) in [6.45, 7) is 0.679.